The van der Waals surface area contributed by atoms with E-state index in [0.717, 1.165) is 16.8 Å². The standard InChI is InChI=1S/C14H11ClFN3OS/c1-20-7-2-3-11-12(4-7)19-14(18-11)21-13-6-9(16)8(15)5-10(13)17/h2-6H,17H2,1H3,(H,18,19). The number of nitrogen functional groups attached to an aromatic ring is 1. The number of halogens is 2. The SMILES string of the molecule is COc1ccc2nc(Sc3cc(F)c(Cl)cc3N)[nH]c2c1. The number of nitrogens with zero attached hydrogens (tertiary/aromatic N) is 1. The lowest BCUT2D eigenvalue weighted by atomic mass is 10.3. The van der Waals surface area contributed by atoms with Crippen LogP contribution in [0.3, 0.4) is 0 Å². The van der Waals surface area contributed by atoms with Crippen LogP contribution in [-0.2, 0) is 0 Å². The van der Waals surface area contributed by atoms with Crippen LogP contribution in [0, 0.1) is 5.82 Å². The van der Waals surface area contributed by atoms with Gasteiger partial charge in [-0.3, -0.25) is 0 Å². The quantitative estimate of drug-likeness (QED) is 0.712. The number of aromatic nitrogens is 2. The smallest absolute Gasteiger partial charge is 0.171 e. The van der Waals surface area contributed by atoms with Crippen molar-refractivity contribution >= 4 is 40.1 Å². The molecule has 0 amide bonds. The Labute approximate surface area is 129 Å². The second-order valence-corrected chi connectivity index (χ2v) is 5.77. The Morgan fingerprint density at radius 1 is 1.33 bits per heavy atom. The summed E-state index contributed by atoms with van der Waals surface area (Å²) < 4.78 is 18.7. The Kier molecular flexibility index (Phi) is 3.65. The zero-order valence-corrected chi connectivity index (χ0v) is 12.6. The fourth-order valence-corrected chi connectivity index (χ4v) is 2.90. The largest absolute Gasteiger partial charge is 0.497 e. The van der Waals surface area contributed by atoms with Crippen molar-refractivity contribution in [1.29, 1.82) is 0 Å². The molecule has 108 valence electrons. The van der Waals surface area contributed by atoms with Gasteiger partial charge in [-0.05, 0) is 36.0 Å². The molecule has 0 radical (unpaired) electrons. The van der Waals surface area contributed by atoms with Gasteiger partial charge in [0.2, 0.25) is 0 Å². The third kappa shape index (κ3) is 2.77. The average Bonchev–Trinajstić information content (AvgIpc) is 2.85. The molecule has 7 heteroatoms. The van der Waals surface area contributed by atoms with E-state index in [1.54, 1.807) is 7.11 Å². The number of ether oxygens (including phenoxy) is 1. The van der Waals surface area contributed by atoms with Crippen LogP contribution in [0.15, 0.2) is 40.4 Å². The van der Waals surface area contributed by atoms with Crippen LogP contribution in [0.2, 0.25) is 5.02 Å². The highest BCUT2D eigenvalue weighted by atomic mass is 35.5. The number of hydrogen-bond acceptors (Lipinski definition) is 4. The van der Waals surface area contributed by atoms with Gasteiger partial charge >= 0.3 is 0 Å². The predicted molar refractivity (Wildman–Crippen MR) is 82.6 cm³/mol. The van der Waals surface area contributed by atoms with Crippen molar-refractivity contribution in [3.8, 4) is 5.75 Å². The van der Waals surface area contributed by atoms with Crippen molar-refractivity contribution in [3.05, 3.63) is 41.2 Å². The molecule has 3 rings (SSSR count). The number of aromatic amines is 1. The predicted octanol–water partition coefficient (Wildman–Crippen LogP) is 4.10. The molecule has 0 atom stereocenters. The highest BCUT2D eigenvalue weighted by Gasteiger charge is 2.11. The second-order valence-electron chi connectivity index (χ2n) is 4.33. The molecule has 3 aromatic rings. The lowest BCUT2D eigenvalue weighted by Crippen LogP contribution is -1.91. The van der Waals surface area contributed by atoms with Crippen molar-refractivity contribution in [3.63, 3.8) is 0 Å². The summed E-state index contributed by atoms with van der Waals surface area (Å²) in [6.07, 6.45) is 0. The molecule has 0 aliphatic rings. The van der Waals surface area contributed by atoms with Crippen LogP contribution in [-0.4, -0.2) is 17.1 Å². The Balaban J connectivity index is 1.96. The van der Waals surface area contributed by atoms with E-state index < -0.39 is 5.82 Å². The molecule has 0 aliphatic heterocycles. The number of fused-ring (bicyclic) bond motifs is 1. The lowest BCUT2D eigenvalue weighted by molar-refractivity contribution is 0.415. The molecule has 2 aromatic carbocycles. The van der Waals surface area contributed by atoms with E-state index in [1.807, 2.05) is 18.2 Å². The first kappa shape index (κ1) is 14.0. The normalized spacial score (nSPS) is 11.0. The lowest BCUT2D eigenvalue weighted by Gasteiger charge is -2.04. The molecule has 0 saturated carbocycles. The van der Waals surface area contributed by atoms with E-state index in [9.17, 15) is 4.39 Å². The van der Waals surface area contributed by atoms with Gasteiger partial charge in [-0.25, -0.2) is 9.37 Å². The van der Waals surface area contributed by atoms with Crippen LogP contribution in [0.4, 0.5) is 10.1 Å². The molecule has 0 bridgehead atoms. The molecular formula is C14H11ClFN3OS. The molecule has 21 heavy (non-hydrogen) atoms. The van der Waals surface area contributed by atoms with Gasteiger partial charge in [0.05, 0.1) is 23.2 Å². The zero-order chi connectivity index (χ0) is 15.0. The summed E-state index contributed by atoms with van der Waals surface area (Å²) in [6, 6.07) is 8.22. The Morgan fingerprint density at radius 3 is 2.90 bits per heavy atom. The zero-order valence-electron chi connectivity index (χ0n) is 11.0. The number of benzene rings is 2. The molecule has 4 nitrogen and oxygen atoms in total. The first-order valence-corrected chi connectivity index (χ1v) is 7.22. The van der Waals surface area contributed by atoms with Gasteiger partial charge in [0, 0.05) is 16.6 Å². The Hall–Kier alpha value is -1.92. The third-order valence-electron chi connectivity index (χ3n) is 2.93. The van der Waals surface area contributed by atoms with E-state index in [1.165, 1.54) is 23.9 Å². The molecule has 0 saturated heterocycles. The van der Waals surface area contributed by atoms with E-state index in [-0.39, 0.29) is 5.02 Å². The maximum atomic E-state index is 13.5. The molecule has 0 spiro atoms. The first-order chi connectivity index (χ1) is 10.1. The summed E-state index contributed by atoms with van der Waals surface area (Å²) in [6.45, 7) is 0. The highest BCUT2D eigenvalue weighted by molar-refractivity contribution is 7.99. The minimum Gasteiger partial charge on any atom is -0.497 e. The van der Waals surface area contributed by atoms with Crippen molar-refractivity contribution < 1.29 is 9.13 Å². The van der Waals surface area contributed by atoms with Gasteiger partial charge in [-0.1, -0.05) is 11.6 Å². The molecule has 0 aliphatic carbocycles. The topological polar surface area (TPSA) is 63.9 Å². The maximum absolute atomic E-state index is 13.5. The summed E-state index contributed by atoms with van der Waals surface area (Å²) in [5.41, 5.74) is 7.89. The van der Waals surface area contributed by atoms with Gasteiger partial charge in [-0.2, -0.15) is 0 Å². The number of anilines is 1. The van der Waals surface area contributed by atoms with Crippen molar-refractivity contribution in [2.24, 2.45) is 0 Å². The van der Waals surface area contributed by atoms with E-state index >= 15 is 0 Å². The van der Waals surface area contributed by atoms with Crippen LogP contribution in [0.5, 0.6) is 5.75 Å². The summed E-state index contributed by atoms with van der Waals surface area (Å²) in [7, 11) is 1.60. The Bertz CT molecular complexity index is 821. The number of imidazole rings is 1. The summed E-state index contributed by atoms with van der Waals surface area (Å²) in [5.74, 6) is 0.228. The molecule has 1 aromatic heterocycles. The average molecular weight is 324 g/mol. The second kappa shape index (κ2) is 5.46. The number of H-pyrrole nitrogens is 1. The number of hydrogen-bond donors (Lipinski definition) is 2. The number of nitrogens with one attached hydrogen (secondary N) is 1. The molecular weight excluding hydrogens is 313 g/mol. The maximum Gasteiger partial charge on any atom is 0.171 e. The third-order valence-corrected chi connectivity index (χ3v) is 4.18. The highest BCUT2D eigenvalue weighted by Crippen LogP contribution is 2.34. The monoisotopic (exact) mass is 323 g/mol. The van der Waals surface area contributed by atoms with E-state index in [4.69, 9.17) is 22.1 Å². The molecule has 0 fully saturated rings. The number of nitrogens with two attached hydrogens (primary N) is 1. The summed E-state index contributed by atoms with van der Waals surface area (Å²) >= 11 is 6.93. The minimum atomic E-state index is -0.508. The van der Waals surface area contributed by atoms with Crippen molar-refractivity contribution in [1.82, 2.24) is 9.97 Å². The van der Waals surface area contributed by atoms with E-state index in [2.05, 4.69) is 9.97 Å². The number of methoxy groups -OCH3 is 1. The molecule has 0 unspecified atom stereocenters. The molecule has 1 heterocycles. The Morgan fingerprint density at radius 2 is 2.14 bits per heavy atom. The van der Waals surface area contributed by atoms with Gasteiger partial charge in [-0.15, -0.1) is 0 Å². The summed E-state index contributed by atoms with van der Waals surface area (Å²) in [4.78, 5) is 8.12. The fourth-order valence-electron chi connectivity index (χ4n) is 1.88. The van der Waals surface area contributed by atoms with Gasteiger partial charge in [0.15, 0.2) is 5.16 Å². The van der Waals surface area contributed by atoms with Gasteiger partial charge in [0.25, 0.3) is 0 Å². The van der Waals surface area contributed by atoms with E-state index in [0.29, 0.717) is 15.7 Å². The molecule has 3 N–H and O–H groups in total. The van der Waals surface area contributed by atoms with Crippen molar-refractivity contribution in [2.75, 3.05) is 12.8 Å². The first-order valence-electron chi connectivity index (χ1n) is 6.03. The van der Waals surface area contributed by atoms with Gasteiger partial charge in [0.1, 0.15) is 11.6 Å². The van der Waals surface area contributed by atoms with Crippen LogP contribution in [0.25, 0.3) is 11.0 Å². The number of rotatable bonds is 3. The van der Waals surface area contributed by atoms with Crippen LogP contribution in [0.1, 0.15) is 0 Å². The van der Waals surface area contributed by atoms with Crippen LogP contribution < -0.4 is 10.5 Å². The minimum absolute atomic E-state index is 0.00573. The van der Waals surface area contributed by atoms with Gasteiger partial charge < -0.3 is 15.5 Å². The van der Waals surface area contributed by atoms with Crippen molar-refractivity contribution in [2.45, 2.75) is 10.1 Å². The van der Waals surface area contributed by atoms with Crippen LogP contribution >= 0.6 is 23.4 Å². The fraction of sp³-hybridized carbons (Fsp3) is 0.0714. The summed E-state index contributed by atoms with van der Waals surface area (Å²) in [5, 5.41) is 0.623.